The van der Waals surface area contributed by atoms with E-state index in [0.29, 0.717) is 0 Å². The van der Waals surface area contributed by atoms with Crippen LogP contribution in [-0.4, -0.2) is 19.3 Å². The van der Waals surface area contributed by atoms with Gasteiger partial charge in [0.1, 0.15) is 0 Å². The van der Waals surface area contributed by atoms with Crippen molar-refractivity contribution in [2.75, 3.05) is 7.11 Å². The van der Waals surface area contributed by atoms with Gasteiger partial charge >= 0.3 is 12.1 Å². The Morgan fingerprint density at radius 1 is 1.29 bits per heavy atom. The summed E-state index contributed by atoms with van der Waals surface area (Å²) in [6.07, 6.45) is -5.15. The summed E-state index contributed by atoms with van der Waals surface area (Å²) in [5.74, 6) is -2.68. The summed E-state index contributed by atoms with van der Waals surface area (Å²) < 4.78 is 42.7. The molecule has 0 spiro atoms. The van der Waals surface area contributed by atoms with Crippen LogP contribution in [0.4, 0.5) is 13.2 Å². The molecule has 1 rings (SSSR count). The molecule has 0 fully saturated rings. The van der Waals surface area contributed by atoms with Crippen molar-refractivity contribution in [2.45, 2.75) is 25.4 Å². The summed E-state index contributed by atoms with van der Waals surface area (Å²) in [4.78, 5) is 11.0. The number of carbonyl (C=O) groups is 1. The predicted octanol–water partition coefficient (Wildman–Crippen LogP) is 3.20. The summed E-state index contributed by atoms with van der Waals surface area (Å²) in [5, 5.41) is 0. The summed E-state index contributed by atoms with van der Waals surface area (Å²) in [5.41, 5.74) is 0.946. The average Bonchev–Trinajstić information content (AvgIpc) is 2.25. The largest absolute Gasteiger partial charge is 0.469 e. The molecule has 2 nitrogen and oxygen atoms in total. The molecule has 5 heteroatoms. The van der Waals surface area contributed by atoms with Gasteiger partial charge in [-0.25, -0.2) is 0 Å². The van der Waals surface area contributed by atoms with Crippen LogP contribution in [0.25, 0.3) is 0 Å². The van der Waals surface area contributed by atoms with Crippen molar-refractivity contribution >= 4 is 5.97 Å². The molecule has 0 aliphatic rings. The molecule has 17 heavy (non-hydrogen) atoms. The van der Waals surface area contributed by atoms with Gasteiger partial charge in [0.25, 0.3) is 0 Å². The smallest absolute Gasteiger partial charge is 0.396 e. The molecule has 0 aromatic heterocycles. The second kappa shape index (κ2) is 5.21. The number of benzene rings is 1. The van der Waals surface area contributed by atoms with E-state index in [9.17, 15) is 18.0 Å². The van der Waals surface area contributed by atoms with Crippen molar-refractivity contribution in [3.63, 3.8) is 0 Å². The standard InChI is InChI=1S/C12H13F3O2/c1-8-3-5-9(6-4-8)10(12(13,14)15)7-11(16)17-2/h3-6,10H,7H2,1-2H3/t10-/m0/s1. The highest BCUT2D eigenvalue weighted by molar-refractivity contribution is 5.70. The van der Waals surface area contributed by atoms with Gasteiger partial charge in [-0.2, -0.15) is 13.2 Å². The highest BCUT2D eigenvalue weighted by atomic mass is 19.4. The topological polar surface area (TPSA) is 26.3 Å². The van der Waals surface area contributed by atoms with Gasteiger partial charge in [0.05, 0.1) is 19.4 Å². The number of halogens is 3. The van der Waals surface area contributed by atoms with Gasteiger partial charge in [0.15, 0.2) is 0 Å². The van der Waals surface area contributed by atoms with E-state index >= 15 is 0 Å². The Balaban J connectivity index is 2.98. The minimum atomic E-state index is -4.45. The summed E-state index contributed by atoms with van der Waals surface area (Å²) in [6.45, 7) is 1.78. The average molecular weight is 246 g/mol. The van der Waals surface area contributed by atoms with Crippen LogP contribution in [0.15, 0.2) is 24.3 Å². The molecule has 0 heterocycles. The minimum Gasteiger partial charge on any atom is -0.469 e. The SMILES string of the molecule is COC(=O)C[C@@H](c1ccc(C)cc1)C(F)(F)F. The molecule has 0 unspecified atom stereocenters. The van der Waals surface area contributed by atoms with Crippen molar-refractivity contribution < 1.29 is 22.7 Å². The number of aryl methyl sites for hydroxylation is 1. The Kier molecular flexibility index (Phi) is 4.15. The van der Waals surface area contributed by atoms with Crippen molar-refractivity contribution in [3.8, 4) is 0 Å². The summed E-state index contributed by atoms with van der Waals surface area (Å²) in [6, 6.07) is 5.95. The van der Waals surface area contributed by atoms with Crippen LogP contribution >= 0.6 is 0 Å². The number of rotatable bonds is 3. The maximum atomic E-state index is 12.8. The second-order valence-corrected chi connectivity index (χ2v) is 3.79. The highest BCUT2D eigenvalue weighted by Crippen LogP contribution is 2.37. The Morgan fingerprint density at radius 3 is 2.24 bits per heavy atom. The first-order valence-corrected chi connectivity index (χ1v) is 5.04. The third-order valence-electron chi connectivity index (χ3n) is 2.47. The third kappa shape index (κ3) is 3.76. The molecule has 94 valence electrons. The fraction of sp³-hybridized carbons (Fsp3) is 0.417. The van der Waals surface area contributed by atoms with Gasteiger partial charge in [-0.05, 0) is 12.5 Å². The molecule has 1 atom stereocenters. The van der Waals surface area contributed by atoms with Gasteiger partial charge in [-0.3, -0.25) is 4.79 Å². The molecular weight excluding hydrogens is 233 g/mol. The first-order chi connectivity index (χ1) is 7.84. The molecule has 0 N–H and O–H groups in total. The van der Waals surface area contributed by atoms with Gasteiger partial charge in [-0.1, -0.05) is 29.8 Å². The van der Waals surface area contributed by atoms with E-state index in [2.05, 4.69) is 4.74 Å². The number of hydrogen-bond donors (Lipinski definition) is 0. The van der Waals surface area contributed by atoms with Crippen LogP contribution < -0.4 is 0 Å². The molecule has 0 aliphatic heterocycles. The first kappa shape index (κ1) is 13.5. The van der Waals surface area contributed by atoms with Crippen LogP contribution in [0.1, 0.15) is 23.5 Å². The van der Waals surface area contributed by atoms with Gasteiger partial charge in [0, 0.05) is 0 Å². The Bertz CT molecular complexity index is 382. The predicted molar refractivity (Wildman–Crippen MR) is 56.6 cm³/mol. The molecule has 0 saturated carbocycles. The zero-order valence-electron chi connectivity index (χ0n) is 9.54. The maximum Gasteiger partial charge on any atom is 0.396 e. The second-order valence-electron chi connectivity index (χ2n) is 3.79. The first-order valence-electron chi connectivity index (χ1n) is 5.04. The van der Waals surface area contributed by atoms with Gasteiger partial charge in [0.2, 0.25) is 0 Å². The van der Waals surface area contributed by atoms with Crippen LogP contribution in [0.5, 0.6) is 0 Å². The third-order valence-corrected chi connectivity index (χ3v) is 2.47. The van der Waals surface area contributed by atoms with Crippen LogP contribution in [0.3, 0.4) is 0 Å². The zero-order valence-corrected chi connectivity index (χ0v) is 9.54. The Hall–Kier alpha value is -1.52. The summed E-state index contributed by atoms with van der Waals surface area (Å²) in [7, 11) is 1.07. The monoisotopic (exact) mass is 246 g/mol. The van der Waals surface area contributed by atoms with Crippen molar-refractivity contribution in [2.24, 2.45) is 0 Å². The van der Waals surface area contributed by atoms with Crippen molar-refractivity contribution in [1.82, 2.24) is 0 Å². The van der Waals surface area contributed by atoms with E-state index in [0.717, 1.165) is 12.7 Å². The molecule has 0 radical (unpaired) electrons. The van der Waals surface area contributed by atoms with Gasteiger partial charge in [-0.15, -0.1) is 0 Å². The molecular formula is C12H13F3O2. The van der Waals surface area contributed by atoms with E-state index in [1.807, 2.05) is 0 Å². The van der Waals surface area contributed by atoms with Crippen molar-refractivity contribution in [3.05, 3.63) is 35.4 Å². The zero-order chi connectivity index (χ0) is 13.1. The van der Waals surface area contributed by atoms with Crippen molar-refractivity contribution in [1.29, 1.82) is 0 Å². The lowest BCUT2D eigenvalue weighted by molar-refractivity contribution is -0.164. The fourth-order valence-electron chi connectivity index (χ4n) is 1.47. The molecule has 0 saturated heterocycles. The molecule has 1 aromatic rings. The number of alkyl halides is 3. The lowest BCUT2D eigenvalue weighted by Gasteiger charge is -2.19. The maximum absolute atomic E-state index is 12.8. The number of methoxy groups -OCH3 is 1. The van der Waals surface area contributed by atoms with E-state index in [-0.39, 0.29) is 5.56 Å². The lowest BCUT2D eigenvalue weighted by atomic mass is 9.94. The van der Waals surface area contributed by atoms with Crippen LogP contribution in [0, 0.1) is 6.92 Å². The van der Waals surface area contributed by atoms with Crippen LogP contribution in [-0.2, 0) is 9.53 Å². The number of carbonyl (C=O) groups excluding carboxylic acids is 1. The Labute approximate surface area is 97.4 Å². The minimum absolute atomic E-state index is 0.0773. The van der Waals surface area contributed by atoms with E-state index in [4.69, 9.17) is 0 Å². The molecule has 1 aromatic carbocycles. The van der Waals surface area contributed by atoms with E-state index < -0.39 is 24.5 Å². The van der Waals surface area contributed by atoms with Crippen LogP contribution in [0.2, 0.25) is 0 Å². The lowest BCUT2D eigenvalue weighted by Crippen LogP contribution is -2.24. The number of esters is 1. The fourth-order valence-corrected chi connectivity index (χ4v) is 1.47. The molecule has 0 aliphatic carbocycles. The quantitative estimate of drug-likeness (QED) is 0.765. The van der Waals surface area contributed by atoms with E-state index in [1.165, 1.54) is 12.1 Å². The normalized spacial score (nSPS) is 13.2. The Morgan fingerprint density at radius 2 is 1.82 bits per heavy atom. The van der Waals surface area contributed by atoms with E-state index in [1.54, 1.807) is 19.1 Å². The molecule has 0 amide bonds. The number of hydrogen-bond acceptors (Lipinski definition) is 2. The summed E-state index contributed by atoms with van der Waals surface area (Å²) >= 11 is 0. The number of ether oxygens (including phenoxy) is 1. The molecule has 0 bridgehead atoms. The highest BCUT2D eigenvalue weighted by Gasteiger charge is 2.42. The van der Waals surface area contributed by atoms with Gasteiger partial charge < -0.3 is 4.74 Å².